The minimum Gasteiger partial charge on any atom is -0.436 e. The molecule has 150 valence electrons. The van der Waals surface area contributed by atoms with Crippen LogP contribution in [0, 0.1) is 6.92 Å². The number of carbonyl (C=O) groups excluding carboxylic acids is 1. The number of amides is 1. The smallest absolute Gasteiger partial charge is 0.256 e. The van der Waals surface area contributed by atoms with Gasteiger partial charge in [-0.25, -0.2) is 4.98 Å². The van der Waals surface area contributed by atoms with E-state index in [1.54, 1.807) is 12.3 Å². The van der Waals surface area contributed by atoms with E-state index in [9.17, 15) is 4.79 Å². The lowest BCUT2D eigenvalue weighted by Gasteiger charge is -2.14. The molecule has 0 spiro atoms. The number of hydrogen-bond acceptors (Lipinski definition) is 3. The second kappa shape index (κ2) is 8.67. The Hall–Kier alpha value is -3.18. The van der Waals surface area contributed by atoms with Crippen molar-refractivity contribution in [2.45, 2.75) is 20.3 Å². The first-order chi connectivity index (χ1) is 14.6. The molecule has 0 saturated carbocycles. The molecule has 4 nitrogen and oxygen atoms in total. The van der Waals surface area contributed by atoms with E-state index in [4.69, 9.17) is 4.42 Å². The summed E-state index contributed by atoms with van der Waals surface area (Å²) in [5.41, 5.74) is 5.09. The number of rotatable bonds is 5. The van der Waals surface area contributed by atoms with Crippen LogP contribution in [0.15, 0.2) is 81.8 Å². The third-order valence-corrected chi connectivity index (χ3v) is 5.49. The summed E-state index contributed by atoms with van der Waals surface area (Å²) in [6.45, 7) is 4.08. The van der Waals surface area contributed by atoms with Crippen molar-refractivity contribution in [2.24, 2.45) is 0 Å². The largest absolute Gasteiger partial charge is 0.436 e. The quantitative estimate of drug-likeness (QED) is 0.352. The first-order valence-corrected chi connectivity index (χ1v) is 10.6. The van der Waals surface area contributed by atoms with Gasteiger partial charge in [-0.3, -0.25) is 4.79 Å². The van der Waals surface area contributed by atoms with Gasteiger partial charge < -0.3 is 9.73 Å². The molecular formula is C25H21BrN2O2. The van der Waals surface area contributed by atoms with Crippen LogP contribution in [-0.4, -0.2) is 10.9 Å². The van der Waals surface area contributed by atoms with Gasteiger partial charge in [0.15, 0.2) is 5.76 Å². The summed E-state index contributed by atoms with van der Waals surface area (Å²) < 4.78 is 6.97. The minimum absolute atomic E-state index is 0.184. The molecule has 0 fully saturated rings. The highest BCUT2D eigenvalue weighted by Gasteiger charge is 2.18. The van der Waals surface area contributed by atoms with Gasteiger partial charge in [-0.2, -0.15) is 0 Å². The van der Waals surface area contributed by atoms with Gasteiger partial charge in [0.25, 0.3) is 5.91 Å². The molecule has 4 aromatic rings. The average molecular weight is 461 g/mol. The van der Waals surface area contributed by atoms with E-state index in [2.05, 4.69) is 33.2 Å². The van der Waals surface area contributed by atoms with Gasteiger partial charge in [0.1, 0.15) is 0 Å². The van der Waals surface area contributed by atoms with Crippen LogP contribution < -0.4 is 5.32 Å². The van der Waals surface area contributed by atoms with Gasteiger partial charge in [0, 0.05) is 21.3 Å². The summed E-state index contributed by atoms with van der Waals surface area (Å²) >= 11 is 3.48. The van der Waals surface area contributed by atoms with Crippen LogP contribution in [0.2, 0.25) is 0 Å². The van der Waals surface area contributed by atoms with Crippen LogP contribution >= 0.6 is 15.9 Å². The van der Waals surface area contributed by atoms with Gasteiger partial charge >= 0.3 is 0 Å². The van der Waals surface area contributed by atoms with E-state index in [1.165, 1.54) is 0 Å². The fourth-order valence-corrected chi connectivity index (χ4v) is 3.82. The number of aryl methyl sites for hydroxylation is 2. The van der Waals surface area contributed by atoms with Gasteiger partial charge in [0.05, 0.1) is 11.8 Å². The maximum atomic E-state index is 13.2. The zero-order valence-electron chi connectivity index (χ0n) is 16.8. The molecule has 5 heteroatoms. The number of oxazole rings is 1. The standard InChI is InChI=1S/C25H21BrN2O2/c1-3-17-9-6-8-16(2)23(17)28-24(29)20-12-4-5-13-21(20)25-27-15-22(30-25)18-10-7-11-19(26)14-18/h4-15H,3H2,1-2H3,(H,28,29). The molecule has 1 N–H and O–H groups in total. The Labute approximate surface area is 184 Å². The Bertz CT molecular complexity index is 1210. The minimum atomic E-state index is -0.184. The lowest BCUT2D eigenvalue weighted by Crippen LogP contribution is -2.15. The molecule has 4 rings (SSSR count). The highest BCUT2D eigenvalue weighted by atomic mass is 79.9. The van der Waals surface area contributed by atoms with Crippen molar-refractivity contribution in [2.75, 3.05) is 5.32 Å². The lowest BCUT2D eigenvalue weighted by molar-refractivity contribution is 0.102. The molecule has 0 saturated heterocycles. The Morgan fingerprint density at radius 2 is 1.87 bits per heavy atom. The average Bonchev–Trinajstić information content (AvgIpc) is 3.25. The molecule has 0 unspecified atom stereocenters. The Morgan fingerprint density at radius 3 is 2.67 bits per heavy atom. The van der Waals surface area contributed by atoms with Crippen LogP contribution in [0.4, 0.5) is 5.69 Å². The first-order valence-electron chi connectivity index (χ1n) is 9.78. The van der Waals surface area contributed by atoms with E-state index in [0.717, 1.165) is 33.3 Å². The SMILES string of the molecule is CCc1cccc(C)c1NC(=O)c1ccccc1-c1ncc(-c2cccc(Br)c2)o1. The van der Waals surface area contributed by atoms with E-state index < -0.39 is 0 Å². The van der Waals surface area contributed by atoms with Crippen molar-refractivity contribution in [3.05, 3.63) is 94.1 Å². The zero-order chi connectivity index (χ0) is 21.1. The summed E-state index contributed by atoms with van der Waals surface area (Å²) in [5.74, 6) is 0.877. The van der Waals surface area contributed by atoms with Crippen LogP contribution in [0.3, 0.4) is 0 Å². The van der Waals surface area contributed by atoms with Gasteiger partial charge in [0.2, 0.25) is 5.89 Å². The Kier molecular flexibility index (Phi) is 5.81. The van der Waals surface area contributed by atoms with Crippen molar-refractivity contribution in [1.82, 2.24) is 4.98 Å². The molecular weight excluding hydrogens is 440 g/mol. The van der Waals surface area contributed by atoms with E-state index >= 15 is 0 Å². The van der Waals surface area contributed by atoms with Crippen LogP contribution in [0.1, 0.15) is 28.4 Å². The van der Waals surface area contributed by atoms with Crippen molar-refractivity contribution in [1.29, 1.82) is 0 Å². The van der Waals surface area contributed by atoms with Crippen molar-refractivity contribution >= 4 is 27.5 Å². The molecule has 0 aliphatic rings. The third-order valence-electron chi connectivity index (χ3n) is 5.00. The number of carbonyl (C=O) groups is 1. The number of nitrogens with one attached hydrogen (secondary N) is 1. The van der Waals surface area contributed by atoms with Crippen LogP contribution in [0.5, 0.6) is 0 Å². The number of anilines is 1. The van der Waals surface area contributed by atoms with Crippen molar-refractivity contribution in [3.63, 3.8) is 0 Å². The highest BCUT2D eigenvalue weighted by molar-refractivity contribution is 9.10. The lowest BCUT2D eigenvalue weighted by atomic mass is 10.0. The van der Waals surface area contributed by atoms with Crippen LogP contribution in [0.25, 0.3) is 22.8 Å². The number of halogens is 1. The Balaban J connectivity index is 1.68. The molecule has 0 bridgehead atoms. The van der Waals surface area contributed by atoms with Crippen LogP contribution in [-0.2, 0) is 6.42 Å². The summed E-state index contributed by atoms with van der Waals surface area (Å²) in [6.07, 6.45) is 2.52. The third kappa shape index (κ3) is 4.07. The molecule has 0 radical (unpaired) electrons. The summed E-state index contributed by atoms with van der Waals surface area (Å²) in [6, 6.07) is 21.2. The fraction of sp³-hybridized carbons (Fsp3) is 0.120. The summed E-state index contributed by atoms with van der Waals surface area (Å²) in [7, 11) is 0. The molecule has 1 heterocycles. The predicted molar refractivity (Wildman–Crippen MR) is 124 cm³/mol. The molecule has 0 atom stereocenters. The Morgan fingerprint density at radius 1 is 1.07 bits per heavy atom. The van der Waals surface area contributed by atoms with Gasteiger partial charge in [-0.05, 0) is 48.7 Å². The molecule has 1 aromatic heterocycles. The second-order valence-corrected chi connectivity index (χ2v) is 7.92. The normalized spacial score (nSPS) is 10.8. The number of benzene rings is 3. The molecule has 1 amide bonds. The number of nitrogens with zero attached hydrogens (tertiary/aromatic N) is 1. The fourth-order valence-electron chi connectivity index (χ4n) is 3.42. The molecule has 0 aliphatic carbocycles. The number of para-hydroxylation sites is 1. The summed E-state index contributed by atoms with van der Waals surface area (Å²) in [4.78, 5) is 17.6. The molecule has 30 heavy (non-hydrogen) atoms. The van der Waals surface area contributed by atoms with E-state index in [1.807, 2.05) is 67.6 Å². The van der Waals surface area contributed by atoms with E-state index in [-0.39, 0.29) is 5.91 Å². The number of hydrogen-bond donors (Lipinski definition) is 1. The molecule has 3 aromatic carbocycles. The maximum absolute atomic E-state index is 13.2. The van der Waals surface area contributed by atoms with Gasteiger partial charge in [-0.15, -0.1) is 0 Å². The van der Waals surface area contributed by atoms with Gasteiger partial charge in [-0.1, -0.05) is 65.3 Å². The second-order valence-electron chi connectivity index (χ2n) is 7.00. The van der Waals surface area contributed by atoms with Crippen molar-refractivity contribution < 1.29 is 9.21 Å². The van der Waals surface area contributed by atoms with E-state index in [0.29, 0.717) is 22.8 Å². The summed E-state index contributed by atoms with van der Waals surface area (Å²) in [5, 5.41) is 3.09. The van der Waals surface area contributed by atoms with Crippen molar-refractivity contribution in [3.8, 4) is 22.8 Å². The number of aromatic nitrogens is 1. The zero-order valence-corrected chi connectivity index (χ0v) is 18.4. The highest BCUT2D eigenvalue weighted by Crippen LogP contribution is 2.30. The molecule has 0 aliphatic heterocycles. The predicted octanol–water partition coefficient (Wildman–Crippen LogP) is 6.89. The first kappa shape index (κ1) is 20.1. The topological polar surface area (TPSA) is 55.1 Å². The monoisotopic (exact) mass is 460 g/mol. The maximum Gasteiger partial charge on any atom is 0.256 e.